The lowest BCUT2D eigenvalue weighted by molar-refractivity contribution is 0.0591. The summed E-state index contributed by atoms with van der Waals surface area (Å²) in [4.78, 5) is 14.3. The zero-order valence-electron chi connectivity index (χ0n) is 12.5. The fraction of sp³-hybridized carbons (Fsp3) is 0.533. The van der Waals surface area contributed by atoms with Crippen molar-refractivity contribution in [2.24, 2.45) is 5.92 Å². The summed E-state index contributed by atoms with van der Waals surface area (Å²) in [6.45, 7) is 2.23. The SMILES string of the molecule is COC(=O)c1cccc2nnc(CC3CCN(C)CC3)n12. The van der Waals surface area contributed by atoms with Crippen LogP contribution in [0.15, 0.2) is 18.2 Å². The number of carbonyl (C=O) groups is 1. The first-order valence-electron chi connectivity index (χ1n) is 7.29. The lowest BCUT2D eigenvalue weighted by Crippen LogP contribution is -2.31. The van der Waals surface area contributed by atoms with E-state index >= 15 is 0 Å². The number of hydrogen-bond acceptors (Lipinski definition) is 5. The summed E-state index contributed by atoms with van der Waals surface area (Å²) in [5.74, 6) is 1.09. The number of hydrogen-bond donors (Lipinski definition) is 0. The third-order valence-corrected chi connectivity index (χ3v) is 4.20. The normalized spacial score (nSPS) is 17.2. The van der Waals surface area contributed by atoms with Gasteiger partial charge < -0.3 is 9.64 Å². The molecular formula is C15H20N4O2. The summed E-state index contributed by atoms with van der Waals surface area (Å²) in [6, 6.07) is 5.41. The number of pyridine rings is 1. The van der Waals surface area contributed by atoms with Crippen LogP contribution in [0.4, 0.5) is 0 Å². The van der Waals surface area contributed by atoms with Gasteiger partial charge in [-0.25, -0.2) is 4.79 Å². The molecule has 3 rings (SSSR count). The first kappa shape index (κ1) is 14.0. The standard InChI is InChI=1S/C15H20N4O2/c1-18-8-6-11(7-9-18)10-14-17-16-13-5-3-4-12(19(13)14)15(20)21-2/h3-5,11H,6-10H2,1-2H3. The highest BCUT2D eigenvalue weighted by Crippen LogP contribution is 2.21. The van der Waals surface area contributed by atoms with Gasteiger partial charge in [0.1, 0.15) is 11.5 Å². The van der Waals surface area contributed by atoms with Crippen molar-refractivity contribution < 1.29 is 9.53 Å². The zero-order chi connectivity index (χ0) is 14.8. The van der Waals surface area contributed by atoms with Crippen LogP contribution in [0.5, 0.6) is 0 Å². The smallest absolute Gasteiger partial charge is 0.355 e. The fourth-order valence-electron chi connectivity index (χ4n) is 2.92. The minimum Gasteiger partial charge on any atom is -0.464 e. The Balaban J connectivity index is 1.90. The van der Waals surface area contributed by atoms with E-state index < -0.39 is 0 Å². The molecular weight excluding hydrogens is 268 g/mol. The number of rotatable bonds is 3. The van der Waals surface area contributed by atoms with E-state index in [0.717, 1.165) is 38.2 Å². The van der Waals surface area contributed by atoms with Crippen molar-refractivity contribution in [1.29, 1.82) is 0 Å². The number of ether oxygens (including phenoxy) is 1. The van der Waals surface area contributed by atoms with Crippen molar-refractivity contribution in [1.82, 2.24) is 19.5 Å². The molecule has 1 fully saturated rings. The second-order valence-electron chi connectivity index (χ2n) is 5.66. The van der Waals surface area contributed by atoms with Crippen LogP contribution in [0.2, 0.25) is 0 Å². The Labute approximate surface area is 123 Å². The van der Waals surface area contributed by atoms with Crippen LogP contribution in [-0.2, 0) is 11.2 Å². The zero-order valence-corrected chi connectivity index (χ0v) is 12.5. The Morgan fingerprint density at radius 2 is 2.10 bits per heavy atom. The summed E-state index contributed by atoms with van der Waals surface area (Å²) in [7, 11) is 3.54. The molecule has 0 saturated carbocycles. The third kappa shape index (κ3) is 2.76. The van der Waals surface area contributed by atoms with Crippen LogP contribution in [-0.4, -0.2) is 52.7 Å². The second kappa shape index (κ2) is 5.81. The minimum absolute atomic E-state index is 0.356. The molecule has 0 aliphatic carbocycles. The largest absolute Gasteiger partial charge is 0.464 e. The maximum Gasteiger partial charge on any atom is 0.355 e. The quantitative estimate of drug-likeness (QED) is 0.799. The van der Waals surface area contributed by atoms with Crippen molar-refractivity contribution in [3.8, 4) is 0 Å². The van der Waals surface area contributed by atoms with Gasteiger partial charge in [0, 0.05) is 6.42 Å². The molecule has 0 aromatic carbocycles. The Hall–Kier alpha value is -1.95. The number of carbonyl (C=O) groups excluding carboxylic acids is 1. The van der Waals surface area contributed by atoms with Crippen LogP contribution in [0, 0.1) is 5.92 Å². The van der Waals surface area contributed by atoms with Crippen LogP contribution >= 0.6 is 0 Å². The highest BCUT2D eigenvalue weighted by atomic mass is 16.5. The topological polar surface area (TPSA) is 59.7 Å². The molecule has 1 aliphatic heterocycles. The number of aromatic nitrogens is 3. The molecule has 1 saturated heterocycles. The molecule has 0 spiro atoms. The van der Waals surface area contributed by atoms with Crippen molar-refractivity contribution in [2.75, 3.05) is 27.2 Å². The summed E-state index contributed by atoms with van der Waals surface area (Å²) in [5.41, 5.74) is 1.18. The molecule has 21 heavy (non-hydrogen) atoms. The number of likely N-dealkylation sites (tertiary alicyclic amines) is 1. The number of fused-ring (bicyclic) bond motifs is 1. The minimum atomic E-state index is -0.356. The summed E-state index contributed by atoms with van der Waals surface area (Å²) in [5, 5.41) is 8.45. The number of methoxy groups -OCH3 is 1. The van der Waals surface area contributed by atoms with Gasteiger partial charge in [-0.15, -0.1) is 10.2 Å². The average molecular weight is 288 g/mol. The van der Waals surface area contributed by atoms with Gasteiger partial charge in [-0.2, -0.15) is 0 Å². The van der Waals surface area contributed by atoms with Crippen LogP contribution < -0.4 is 0 Å². The van der Waals surface area contributed by atoms with Gasteiger partial charge in [-0.05, 0) is 51.0 Å². The monoisotopic (exact) mass is 288 g/mol. The molecule has 0 atom stereocenters. The second-order valence-corrected chi connectivity index (χ2v) is 5.66. The first-order valence-corrected chi connectivity index (χ1v) is 7.29. The van der Waals surface area contributed by atoms with E-state index in [9.17, 15) is 4.79 Å². The summed E-state index contributed by atoms with van der Waals surface area (Å²) in [6.07, 6.45) is 3.17. The van der Waals surface area contributed by atoms with E-state index in [4.69, 9.17) is 4.74 Å². The van der Waals surface area contributed by atoms with E-state index in [0.29, 0.717) is 17.3 Å². The van der Waals surface area contributed by atoms with Crippen molar-refractivity contribution >= 4 is 11.6 Å². The maximum absolute atomic E-state index is 11.9. The molecule has 0 unspecified atom stereocenters. The molecule has 0 radical (unpaired) electrons. The van der Waals surface area contributed by atoms with Crippen molar-refractivity contribution in [2.45, 2.75) is 19.3 Å². The molecule has 112 valence electrons. The van der Waals surface area contributed by atoms with E-state index in [-0.39, 0.29) is 5.97 Å². The maximum atomic E-state index is 11.9. The predicted octanol–water partition coefficient (Wildman–Crippen LogP) is 1.40. The Kier molecular flexibility index (Phi) is 3.88. The summed E-state index contributed by atoms with van der Waals surface area (Å²) >= 11 is 0. The van der Waals surface area contributed by atoms with E-state index in [1.165, 1.54) is 7.11 Å². The summed E-state index contributed by atoms with van der Waals surface area (Å²) < 4.78 is 6.67. The van der Waals surface area contributed by atoms with Gasteiger partial charge in [0.05, 0.1) is 7.11 Å². The first-order chi connectivity index (χ1) is 10.2. The highest BCUT2D eigenvalue weighted by Gasteiger charge is 2.21. The molecule has 2 aromatic heterocycles. The molecule has 0 amide bonds. The Bertz CT molecular complexity index is 644. The van der Waals surface area contributed by atoms with Crippen molar-refractivity contribution in [3.05, 3.63) is 29.7 Å². The number of esters is 1. The number of piperidine rings is 1. The molecule has 6 nitrogen and oxygen atoms in total. The Morgan fingerprint density at radius 3 is 2.81 bits per heavy atom. The molecule has 6 heteroatoms. The van der Waals surface area contributed by atoms with E-state index in [1.807, 2.05) is 10.5 Å². The predicted molar refractivity (Wildman–Crippen MR) is 78.3 cm³/mol. The molecule has 0 N–H and O–H groups in total. The van der Waals surface area contributed by atoms with Gasteiger partial charge >= 0.3 is 5.97 Å². The third-order valence-electron chi connectivity index (χ3n) is 4.20. The number of nitrogens with zero attached hydrogens (tertiary/aromatic N) is 4. The lowest BCUT2D eigenvalue weighted by Gasteiger charge is -2.28. The van der Waals surface area contributed by atoms with E-state index in [2.05, 4.69) is 22.1 Å². The van der Waals surface area contributed by atoms with Crippen LogP contribution in [0.3, 0.4) is 0 Å². The van der Waals surface area contributed by atoms with Gasteiger partial charge in [0.2, 0.25) is 0 Å². The van der Waals surface area contributed by atoms with Gasteiger partial charge in [-0.3, -0.25) is 4.40 Å². The highest BCUT2D eigenvalue weighted by molar-refractivity contribution is 5.88. The molecule has 2 aromatic rings. The van der Waals surface area contributed by atoms with E-state index in [1.54, 1.807) is 12.1 Å². The molecule has 0 bridgehead atoms. The molecule has 3 heterocycles. The average Bonchev–Trinajstić information content (AvgIpc) is 2.92. The Morgan fingerprint density at radius 1 is 1.33 bits per heavy atom. The van der Waals surface area contributed by atoms with Crippen molar-refractivity contribution in [3.63, 3.8) is 0 Å². The van der Waals surface area contributed by atoms with Crippen LogP contribution in [0.25, 0.3) is 5.65 Å². The van der Waals surface area contributed by atoms with Crippen LogP contribution in [0.1, 0.15) is 29.2 Å². The fourth-order valence-corrected chi connectivity index (χ4v) is 2.92. The van der Waals surface area contributed by atoms with Gasteiger partial charge in [0.25, 0.3) is 0 Å². The van der Waals surface area contributed by atoms with Gasteiger partial charge in [0.15, 0.2) is 5.65 Å². The lowest BCUT2D eigenvalue weighted by atomic mass is 9.93. The van der Waals surface area contributed by atoms with Gasteiger partial charge in [-0.1, -0.05) is 6.07 Å². The molecule has 1 aliphatic rings.